The Bertz CT molecular complexity index is 740. The molecule has 0 bridgehead atoms. The molecular weight excluding hydrogens is 246 g/mol. The van der Waals surface area contributed by atoms with E-state index in [0.717, 1.165) is 26.2 Å². The topological polar surface area (TPSA) is 12.9 Å². The Morgan fingerprint density at radius 1 is 1.35 bits per heavy atom. The Morgan fingerprint density at radius 2 is 2.18 bits per heavy atom. The van der Waals surface area contributed by atoms with Gasteiger partial charge in [-0.05, 0) is 24.6 Å². The number of pyridine rings is 1. The van der Waals surface area contributed by atoms with E-state index in [1.807, 2.05) is 19.2 Å². The first-order valence-corrected chi connectivity index (χ1v) is 6.60. The van der Waals surface area contributed by atoms with Crippen molar-refractivity contribution in [3.05, 3.63) is 42.6 Å². The molecule has 3 rings (SSSR count). The van der Waals surface area contributed by atoms with Crippen molar-refractivity contribution in [1.82, 2.24) is 4.98 Å². The van der Waals surface area contributed by atoms with Crippen LogP contribution in [0.1, 0.15) is 12.5 Å². The van der Waals surface area contributed by atoms with Gasteiger partial charge in [0.15, 0.2) is 0 Å². The Hall–Kier alpha value is -1.32. The van der Waals surface area contributed by atoms with Crippen LogP contribution in [0.4, 0.5) is 0 Å². The lowest BCUT2D eigenvalue weighted by Crippen LogP contribution is -1.82. The quantitative estimate of drug-likeness (QED) is 0.619. The van der Waals surface area contributed by atoms with Crippen molar-refractivity contribution in [2.24, 2.45) is 0 Å². The number of benzene rings is 1. The van der Waals surface area contributed by atoms with Crippen LogP contribution in [-0.4, -0.2) is 4.98 Å². The zero-order valence-corrected chi connectivity index (χ0v) is 11.1. The molecule has 0 radical (unpaired) electrons. The van der Waals surface area contributed by atoms with Crippen LogP contribution in [0, 0.1) is 0 Å². The molecule has 0 atom stereocenters. The molecular formula is C14H11NS2. The first kappa shape index (κ1) is 10.8. The number of thiophene rings is 1. The highest BCUT2D eigenvalue weighted by molar-refractivity contribution is 7.83. The summed E-state index contributed by atoms with van der Waals surface area (Å²) in [6.07, 6.45) is 1.83. The number of thiol groups is 1. The van der Waals surface area contributed by atoms with Gasteiger partial charge in [-0.25, -0.2) is 0 Å². The van der Waals surface area contributed by atoms with Gasteiger partial charge in [-0.1, -0.05) is 18.7 Å². The number of hydrogen-bond acceptors (Lipinski definition) is 3. The molecule has 1 nitrogen and oxygen atoms in total. The van der Waals surface area contributed by atoms with Gasteiger partial charge < -0.3 is 0 Å². The Labute approximate surface area is 109 Å². The maximum Gasteiger partial charge on any atom is 0.0795 e. The predicted molar refractivity (Wildman–Crippen MR) is 79.1 cm³/mol. The minimum absolute atomic E-state index is 1.02. The molecule has 17 heavy (non-hydrogen) atoms. The lowest BCUT2D eigenvalue weighted by atomic mass is 10.0. The van der Waals surface area contributed by atoms with Crippen molar-refractivity contribution in [3.63, 3.8) is 0 Å². The summed E-state index contributed by atoms with van der Waals surface area (Å²) in [5.74, 6) is 0. The average molecular weight is 257 g/mol. The molecule has 2 aromatic heterocycles. The Balaban J connectivity index is 2.60. The fraction of sp³-hybridized carbons (Fsp3) is 0.0714. The Morgan fingerprint density at radius 3 is 2.94 bits per heavy atom. The first-order chi connectivity index (χ1) is 8.18. The minimum atomic E-state index is 1.02. The molecule has 0 spiro atoms. The molecule has 0 aliphatic heterocycles. The van der Waals surface area contributed by atoms with Gasteiger partial charge >= 0.3 is 0 Å². The van der Waals surface area contributed by atoms with Gasteiger partial charge in [0.05, 0.1) is 9.73 Å². The zero-order chi connectivity index (χ0) is 12.0. The maximum atomic E-state index is 4.55. The van der Waals surface area contributed by atoms with Crippen molar-refractivity contribution in [3.8, 4) is 0 Å². The van der Waals surface area contributed by atoms with Crippen LogP contribution in [0.3, 0.4) is 0 Å². The van der Waals surface area contributed by atoms with Crippen LogP contribution in [-0.2, 0) is 0 Å². The van der Waals surface area contributed by atoms with Crippen molar-refractivity contribution >= 4 is 50.5 Å². The summed E-state index contributed by atoms with van der Waals surface area (Å²) in [7, 11) is 0. The smallest absolute Gasteiger partial charge is 0.0795 e. The molecule has 0 aliphatic rings. The number of fused-ring (bicyclic) bond motifs is 3. The molecule has 3 heteroatoms. The minimum Gasteiger partial charge on any atom is -0.256 e. The SMILES string of the molecule is C=C(C)c1c(S)sc2ccc3cccnc3c12. The van der Waals surface area contributed by atoms with Gasteiger partial charge in [-0.2, -0.15) is 0 Å². The third kappa shape index (κ3) is 1.58. The van der Waals surface area contributed by atoms with Crippen LogP contribution >= 0.6 is 24.0 Å². The summed E-state index contributed by atoms with van der Waals surface area (Å²) in [5.41, 5.74) is 3.22. The van der Waals surface area contributed by atoms with E-state index in [1.165, 1.54) is 10.1 Å². The Kier molecular flexibility index (Phi) is 2.45. The van der Waals surface area contributed by atoms with Gasteiger partial charge in [0.2, 0.25) is 0 Å². The fourth-order valence-corrected chi connectivity index (χ4v) is 3.73. The summed E-state index contributed by atoms with van der Waals surface area (Å²) in [6.45, 7) is 6.06. The van der Waals surface area contributed by atoms with E-state index in [9.17, 15) is 0 Å². The highest BCUT2D eigenvalue weighted by Crippen LogP contribution is 2.40. The molecule has 3 aromatic rings. The predicted octanol–water partition coefficient (Wildman–Crippen LogP) is 4.77. The van der Waals surface area contributed by atoms with Crippen LogP contribution in [0.25, 0.3) is 26.6 Å². The monoisotopic (exact) mass is 257 g/mol. The number of nitrogens with zero attached hydrogens (tertiary/aromatic N) is 1. The largest absolute Gasteiger partial charge is 0.256 e. The number of allylic oxidation sites excluding steroid dienone is 1. The van der Waals surface area contributed by atoms with Crippen molar-refractivity contribution < 1.29 is 0 Å². The van der Waals surface area contributed by atoms with Crippen LogP contribution < -0.4 is 0 Å². The van der Waals surface area contributed by atoms with E-state index in [1.54, 1.807) is 11.3 Å². The molecule has 0 saturated carbocycles. The van der Waals surface area contributed by atoms with E-state index in [-0.39, 0.29) is 0 Å². The van der Waals surface area contributed by atoms with E-state index in [4.69, 9.17) is 0 Å². The van der Waals surface area contributed by atoms with Crippen molar-refractivity contribution in [2.75, 3.05) is 0 Å². The molecule has 0 N–H and O–H groups in total. The van der Waals surface area contributed by atoms with Gasteiger partial charge in [-0.15, -0.1) is 24.0 Å². The fourth-order valence-electron chi connectivity index (χ4n) is 2.11. The van der Waals surface area contributed by atoms with Crippen molar-refractivity contribution in [2.45, 2.75) is 11.1 Å². The highest BCUT2D eigenvalue weighted by atomic mass is 32.2. The lowest BCUT2D eigenvalue weighted by molar-refractivity contribution is 1.42. The first-order valence-electron chi connectivity index (χ1n) is 5.33. The third-order valence-corrected chi connectivity index (χ3v) is 4.29. The van der Waals surface area contributed by atoms with E-state index in [2.05, 4.69) is 42.4 Å². The number of aromatic nitrogens is 1. The van der Waals surface area contributed by atoms with Crippen LogP contribution in [0.2, 0.25) is 0 Å². The normalized spacial score (nSPS) is 11.2. The van der Waals surface area contributed by atoms with Crippen LogP contribution in [0.5, 0.6) is 0 Å². The maximum absolute atomic E-state index is 4.55. The molecule has 0 amide bonds. The summed E-state index contributed by atoms with van der Waals surface area (Å²) >= 11 is 6.24. The van der Waals surface area contributed by atoms with E-state index < -0.39 is 0 Å². The van der Waals surface area contributed by atoms with Gasteiger partial charge in [0.25, 0.3) is 0 Å². The molecule has 2 heterocycles. The molecule has 0 aliphatic carbocycles. The van der Waals surface area contributed by atoms with Crippen LogP contribution in [0.15, 0.2) is 41.3 Å². The summed E-state index contributed by atoms with van der Waals surface area (Å²) < 4.78 is 2.24. The van der Waals surface area contributed by atoms with Gasteiger partial charge in [-0.3, -0.25) is 4.98 Å². The average Bonchev–Trinajstić information content (AvgIpc) is 2.65. The molecule has 0 saturated heterocycles. The lowest BCUT2D eigenvalue weighted by Gasteiger charge is -2.02. The third-order valence-electron chi connectivity index (χ3n) is 2.83. The molecule has 84 valence electrons. The molecule has 1 aromatic carbocycles. The van der Waals surface area contributed by atoms with Gasteiger partial charge in [0, 0.05) is 27.2 Å². The number of hydrogen-bond donors (Lipinski definition) is 1. The van der Waals surface area contributed by atoms with E-state index in [0.29, 0.717) is 0 Å². The van der Waals surface area contributed by atoms with Gasteiger partial charge in [0.1, 0.15) is 0 Å². The zero-order valence-electron chi connectivity index (χ0n) is 9.40. The molecule has 0 fully saturated rings. The van der Waals surface area contributed by atoms with Crippen molar-refractivity contribution in [1.29, 1.82) is 0 Å². The summed E-state index contributed by atoms with van der Waals surface area (Å²) in [5, 5.41) is 2.35. The highest BCUT2D eigenvalue weighted by Gasteiger charge is 2.13. The summed E-state index contributed by atoms with van der Waals surface area (Å²) in [4.78, 5) is 4.50. The second-order valence-electron chi connectivity index (χ2n) is 4.08. The molecule has 0 unspecified atom stereocenters. The second kappa shape index (κ2) is 3.86. The second-order valence-corrected chi connectivity index (χ2v) is 5.88. The van der Waals surface area contributed by atoms with E-state index >= 15 is 0 Å². The summed E-state index contributed by atoms with van der Waals surface area (Å²) in [6, 6.07) is 8.29. The standard InChI is InChI=1S/C14H11NS2/c1-8(2)11-12-10(17-14(11)16)6-5-9-4-3-7-15-13(9)12/h3-7,16H,1H2,2H3. The number of rotatable bonds is 1.